The fourth-order valence-corrected chi connectivity index (χ4v) is 2.43. The molecule has 0 N–H and O–H groups in total. The van der Waals surface area contributed by atoms with Gasteiger partial charge in [-0.25, -0.2) is 0 Å². The predicted octanol–water partition coefficient (Wildman–Crippen LogP) is 2.70. The molecule has 1 saturated heterocycles. The minimum absolute atomic E-state index is 0.0589. The van der Waals surface area contributed by atoms with Crippen molar-refractivity contribution in [2.45, 2.75) is 58.2 Å². The van der Waals surface area contributed by atoms with Crippen molar-refractivity contribution in [1.29, 1.82) is 0 Å². The van der Waals surface area contributed by atoms with Gasteiger partial charge in [0, 0.05) is 13.0 Å². The van der Waals surface area contributed by atoms with Crippen molar-refractivity contribution in [1.82, 2.24) is 0 Å². The Kier molecular flexibility index (Phi) is 15.8. The van der Waals surface area contributed by atoms with Crippen LogP contribution in [0.25, 0.3) is 0 Å². The molecule has 1 atom stereocenters. The van der Waals surface area contributed by atoms with Crippen molar-refractivity contribution in [3.63, 3.8) is 0 Å². The smallest absolute Gasteiger partial charge is 0.305 e. The summed E-state index contributed by atoms with van der Waals surface area (Å²) in [5.74, 6) is -0.144. The van der Waals surface area contributed by atoms with Crippen LogP contribution in [0.5, 0.6) is 0 Å². The quantitative estimate of drug-likeness (QED) is 0.285. The Bertz CT molecular complexity index is 319. The second-order valence-electron chi connectivity index (χ2n) is 6.18. The lowest BCUT2D eigenvalue weighted by Gasteiger charge is -2.22. The molecular formula is C19H36O7. The molecule has 7 nitrogen and oxygen atoms in total. The molecule has 1 rings (SSSR count). The molecule has 0 aromatic rings. The van der Waals surface area contributed by atoms with Gasteiger partial charge in [-0.15, -0.1) is 0 Å². The second kappa shape index (κ2) is 17.7. The van der Waals surface area contributed by atoms with Crippen molar-refractivity contribution in [2.24, 2.45) is 0 Å². The van der Waals surface area contributed by atoms with E-state index in [9.17, 15) is 4.79 Å². The van der Waals surface area contributed by atoms with Gasteiger partial charge in [0.2, 0.25) is 0 Å². The first-order chi connectivity index (χ1) is 12.8. The van der Waals surface area contributed by atoms with Crippen LogP contribution in [-0.2, 0) is 33.2 Å². The van der Waals surface area contributed by atoms with Gasteiger partial charge in [-0.1, -0.05) is 19.8 Å². The summed E-state index contributed by atoms with van der Waals surface area (Å²) in [6.45, 7) is 6.74. The molecule has 0 radical (unpaired) electrons. The van der Waals surface area contributed by atoms with E-state index in [0.29, 0.717) is 59.3 Å². The number of rotatable bonds is 17. The van der Waals surface area contributed by atoms with Gasteiger partial charge in [-0.3, -0.25) is 4.79 Å². The highest BCUT2D eigenvalue weighted by atomic mass is 16.7. The fourth-order valence-electron chi connectivity index (χ4n) is 2.43. The number of hydrogen-bond donors (Lipinski definition) is 0. The topological polar surface area (TPSA) is 72.5 Å². The predicted molar refractivity (Wildman–Crippen MR) is 97.1 cm³/mol. The Morgan fingerprint density at radius 2 is 1.54 bits per heavy atom. The largest absolute Gasteiger partial charge is 0.463 e. The van der Waals surface area contributed by atoms with E-state index < -0.39 is 0 Å². The molecule has 1 heterocycles. The fraction of sp³-hybridized carbons (Fsp3) is 0.947. The first-order valence-corrected chi connectivity index (χ1v) is 9.95. The Balaban J connectivity index is 1.71. The monoisotopic (exact) mass is 376 g/mol. The van der Waals surface area contributed by atoms with Crippen LogP contribution in [0.4, 0.5) is 0 Å². The van der Waals surface area contributed by atoms with Crippen LogP contribution in [0.1, 0.15) is 51.9 Å². The zero-order chi connectivity index (χ0) is 18.7. The van der Waals surface area contributed by atoms with Crippen LogP contribution in [0.2, 0.25) is 0 Å². The summed E-state index contributed by atoms with van der Waals surface area (Å²) in [6, 6.07) is 0. The molecule has 0 bridgehead atoms. The van der Waals surface area contributed by atoms with E-state index in [1.165, 1.54) is 6.42 Å². The van der Waals surface area contributed by atoms with E-state index in [2.05, 4.69) is 6.92 Å². The lowest BCUT2D eigenvalue weighted by atomic mass is 10.2. The normalized spacial score (nSPS) is 17.3. The number of carbonyl (C=O) groups is 1. The lowest BCUT2D eigenvalue weighted by Crippen LogP contribution is -2.24. The Morgan fingerprint density at radius 1 is 0.885 bits per heavy atom. The average Bonchev–Trinajstić information content (AvgIpc) is 2.66. The molecule has 154 valence electrons. The lowest BCUT2D eigenvalue weighted by molar-refractivity contribution is -0.169. The zero-order valence-corrected chi connectivity index (χ0v) is 16.2. The highest BCUT2D eigenvalue weighted by molar-refractivity contribution is 5.69. The van der Waals surface area contributed by atoms with E-state index in [1.807, 2.05) is 0 Å². The summed E-state index contributed by atoms with van der Waals surface area (Å²) in [6.07, 6.45) is 6.77. The van der Waals surface area contributed by atoms with E-state index in [-0.39, 0.29) is 12.3 Å². The first kappa shape index (κ1) is 23.3. The third kappa shape index (κ3) is 14.4. The minimum Gasteiger partial charge on any atom is -0.463 e. The molecule has 0 aromatic carbocycles. The molecule has 0 aromatic heterocycles. The van der Waals surface area contributed by atoms with E-state index in [0.717, 1.165) is 38.7 Å². The van der Waals surface area contributed by atoms with Gasteiger partial charge in [-0.2, -0.15) is 0 Å². The van der Waals surface area contributed by atoms with Crippen LogP contribution < -0.4 is 0 Å². The number of unbranched alkanes of at least 4 members (excludes halogenated alkanes) is 2. The Hall–Kier alpha value is -0.730. The van der Waals surface area contributed by atoms with E-state index in [1.54, 1.807) is 0 Å². The molecule has 1 aliphatic rings. The molecule has 1 fully saturated rings. The minimum atomic E-state index is -0.144. The number of ether oxygens (including phenoxy) is 6. The standard InChI is InChI=1S/C19H36O7/c1-2-3-4-7-18(20)24-16-14-22-12-10-21-11-13-23-15-17-26-19-8-5-6-9-25-19/h19H,2-17H2,1H3. The van der Waals surface area contributed by atoms with Gasteiger partial charge in [0.1, 0.15) is 6.61 Å². The molecular weight excluding hydrogens is 340 g/mol. The highest BCUT2D eigenvalue weighted by Crippen LogP contribution is 2.13. The van der Waals surface area contributed by atoms with Crippen molar-refractivity contribution >= 4 is 5.97 Å². The van der Waals surface area contributed by atoms with Crippen LogP contribution in [0.15, 0.2) is 0 Å². The van der Waals surface area contributed by atoms with Gasteiger partial charge in [0.25, 0.3) is 0 Å². The molecule has 26 heavy (non-hydrogen) atoms. The van der Waals surface area contributed by atoms with Crippen molar-refractivity contribution < 1.29 is 33.2 Å². The van der Waals surface area contributed by atoms with Gasteiger partial charge >= 0.3 is 5.97 Å². The van der Waals surface area contributed by atoms with Crippen molar-refractivity contribution in [3.05, 3.63) is 0 Å². The number of hydrogen-bond acceptors (Lipinski definition) is 7. The van der Waals surface area contributed by atoms with Crippen molar-refractivity contribution in [2.75, 3.05) is 59.5 Å². The molecule has 0 aliphatic carbocycles. The summed E-state index contributed by atoms with van der Waals surface area (Å²) in [7, 11) is 0. The van der Waals surface area contributed by atoms with Crippen LogP contribution in [-0.4, -0.2) is 71.7 Å². The average molecular weight is 376 g/mol. The van der Waals surface area contributed by atoms with Gasteiger partial charge in [0.15, 0.2) is 6.29 Å². The van der Waals surface area contributed by atoms with Crippen molar-refractivity contribution in [3.8, 4) is 0 Å². The summed E-state index contributed by atoms with van der Waals surface area (Å²) in [5, 5.41) is 0. The second-order valence-corrected chi connectivity index (χ2v) is 6.18. The maximum absolute atomic E-state index is 11.4. The molecule has 1 unspecified atom stereocenters. The van der Waals surface area contributed by atoms with Crippen LogP contribution >= 0.6 is 0 Å². The molecule has 0 amide bonds. The molecule has 1 aliphatic heterocycles. The SMILES string of the molecule is CCCCCC(=O)OCCOCCOCCOCCOC1CCCCO1. The molecule has 0 spiro atoms. The maximum Gasteiger partial charge on any atom is 0.305 e. The summed E-state index contributed by atoms with van der Waals surface area (Å²) in [4.78, 5) is 11.4. The number of esters is 1. The van der Waals surface area contributed by atoms with E-state index >= 15 is 0 Å². The zero-order valence-electron chi connectivity index (χ0n) is 16.2. The van der Waals surface area contributed by atoms with Crippen LogP contribution in [0, 0.1) is 0 Å². The Labute approximate surface area is 157 Å². The van der Waals surface area contributed by atoms with Gasteiger partial charge < -0.3 is 28.4 Å². The van der Waals surface area contributed by atoms with Gasteiger partial charge in [0.05, 0.1) is 46.2 Å². The van der Waals surface area contributed by atoms with Gasteiger partial charge in [-0.05, 0) is 25.7 Å². The van der Waals surface area contributed by atoms with Crippen LogP contribution in [0.3, 0.4) is 0 Å². The first-order valence-electron chi connectivity index (χ1n) is 9.95. The van der Waals surface area contributed by atoms with E-state index in [4.69, 9.17) is 28.4 Å². The number of carbonyl (C=O) groups excluding carboxylic acids is 1. The summed E-state index contributed by atoms with van der Waals surface area (Å²) in [5.41, 5.74) is 0. The summed E-state index contributed by atoms with van der Waals surface area (Å²) < 4.78 is 32.3. The molecule has 0 saturated carbocycles. The third-order valence-electron chi connectivity index (χ3n) is 3.89. The third-order valence-corrected chi connectivity index (χ3v) is 3.89. The maximum atomic E-state index is 11.4. The highest BCUT2D eigenvalue weighted by Gasteiger charge is 2.13. The Morgan fingerprint density at radius 3 is 2.15 bits per heavy atom. The molecule has 7 heteroatoms. The summed E-state index contributed by atoms with van der Waals surface area (Å²) >= 11 is 0.